The van der Waals surface area contributed by atoms with Crippen molar-refractivity contribution in [1.29, 1.82) is 0 Å². The lowest BCUT2D eigenvalue weighted by Gasteiger charge is -2.37. The molecule has 1 heterocycles. The summed E-state index contributed by atoms with van der Waals surface area (Å²) in [4.78, 5) is 15.5. The lowest BCUT2D eigenvalue weighted by atomic mass is 10.1. The Balaban J connectivity index is 1.98. The van der Waals surface area contributed by atoms with Crippen LogP contribution in [0.25, 0.3) is 0 Å². The largest absolute Gasteiger partial charge is 0.478 e. The molecule has 1 saturated heterocycles. The van der Waals surface area contributed by atoms with E-state index in [1.54, 1.807) is 12.1 Å². The van der Waals surface area contributed by atoms with Crippen molar-refractivity contribution in [2.75, 3.05) is 45.6 Å². The maximum absolute atomic E-state index is 10.9. The van der Waals surface area contributed by atoms with Crippen molar-refractivity contribution >= 4 is 23.3 Å². The topological polar surface area (TPSA) is 55.8 Å². The van der Waals surface area contributed by atoms with Crippen LogP contribution >= 0.6 is 11.6 Å². The third-order valence-electron chi connectivity index (χ3n) is 3.72. The number of nitrogens with zero attached hydrogens (tertiary/aromatic N) is 2. The molecule has 2 N–H and O–H groups in total. The predicted octanol–water partition coefficient (Wildman–Crippen LogP) is 1.70. The minimum Gasteiger partial charge on any atom is -0.478 e. The average molecular weight is 298 g/mol. The minimum absolute atomic E-state index is 0.204. The van der Waals surface area contributed by atoms with E-state index in [1.165, 1.54) is 6.07 Å². The highest BCUT2D eigenvalue weighted by Gasteiger charge is 2.21. The number of hydrogen-bond acceptors (Lipinski definition) is 4. The average Bonchev–Trinajstić information content (AvgIpc) is 2.40. The summed E-state index contributed by atoms with van der Waals surface area (Å²) in [5.74, 6) is -0.966. The molecule has 5 nitrogen and oxygen atoms in total. The van der Waals surface area contributed by atoms with Gasteiger partial charge in [-0.25, -0.2) is 4.79 Å². The number of halogens is 1. The van der Waals surface area contributed by atoms with E-state index in [9.17, 15) is 4.79 Å². The number of nitrogens with one attached hydrogen (secondary N) is 1. The Kier molecular flexibility index (Phi) is 4.86. The lowest BCUT2D eigenvalue weighted by Crippen LogP contribution is -2.52. The van der Waals surface area contributed by atoms with E-state index in [4.69, 9.17) is 16.7 Å². The van der Waals surface area contributed by atoms with E-state index in [1.807, 2.05) is 0 Å². The van der Waals surface area contributed by atoms with Crippen molar-refractivity contribution in [3.8, 4) is 0 Å². The fraction of sp³-hybridized carbons (Fsp3) is 0.500. The Morgan fingerprint density at radius 2 is 2.20 bits per heavy atom. The Bertz CT molecular complexity index is 495. The molecule has 0 spiro atoms. The highest BCUT2D eigenvalue weighted by atomic mass is 35.5. The first-order chi connectivity index (χ1) is 9.47. The van der Waals surface area contributed by atoms with Crippen LogP contribution in [0.4, 0.5) is 5.69 Å². The van der Waals surface area contributed by atoms with E-state index < -0.39 is 5.97 Å². The Morgan fingerprint density at radius 1 is 1.45 bits per heavy atom. The van der Waals surface area contributed by atoms with Gasteiger partial charge in [-0.3, -0.25) is 4.90 Å². The standard InChI is InChI=1S/C14H20ClN3O2/c1-17-5-6-18(2)11(9-17)8-16-13-4-3-10(14(19)20)7-12(13)15/h3-4,7,11,16H,5-6,8-9H2,1-2H3,(H,19,20). The number of hydrogen-bond donors (Lipinski definition) is 2. The van der Waals surface area contributed by atoms with Crippen LogP contribution in [-0.4, -0.2) is 67.2 Å². The molecule has 1 aliphatic rings. The van der Waals surface area contributed by atoms with Gasteiger partial charge >= 0.3 is 5.97 Å². The zero-order valence-corrected chi connectivity index (χ0v) is 12.5. The number of rotatable bonds is 4. The van der Waals surface area contributed by atoms with Gasteiger partial charge in [0.2, 0.25) is 0 Å². The van der Waals surface area contributed by atoms with E-state index in [-0.39, 0.29) is 5.56 Å². The van der Waals surface area contributed by atoms with Crippen LogP contribution in [0.3, 0.4) is 0 Å². The van der Waals surface area contributed by atoms with Gasteiger partial charge in [0.05, 0.1) is 16.3 Å². The first-order valence-electron chi connectivity index (χ1n) is 6.63. The lowest BCUT2D eigenvalue weighted by molar-refractivity contribution is 0.0697. The number of carboxylic acid groups (broad SMARTS) is 1. The quantitative estimate of drug-likeness (QED) is 0.886. The second kappa shape index (κ2) is 6.43. The summed E-state index contributed by atoms with van der Waals surface area (Å²) in [5, 5.41) is 12.7. The van der Waals surface area contributed by atoms with Gasteiger partial charge in [-0.1, -0.05) is 11.6 Å². The Hall–Kier alpha value is -1.30. The molecule has 2 rings (SSSR count). The molecule has 1 aliphatic heterocycles. The number of benzene rings is 1. The second-order valence-corrected chi connectivity index (χ2v) is 5.68. The molecule has 0 aliphatic carbocycles. The summed E-state index contributed by atoms with van der Waals surface area (Å²) in [6, 6.07) is 5.18. The van der Waals surface area contributed by atoms with Crippen molar-refractivity contribution in [3.63, 3.8) is 0 Å². The summed E-state index contributed by atoms with van der Waals surface area (Å²) in [6.07, 6.45) is 0. The van der Waals surface area contributed by atoms with Crippen molar-refractivity contribution in [3.05, 3.63) is 28.8 Å². The molecule has 1 unspecified atom stereocenters. The van der Waals surface area contributed by atoms with Crippen molar-refractivity contribution in [2.45, 2.75) is 6.04 Å². The molecule has 1 aromatic rings. The molecule has 6 heteroatoms. The van der Waals surface area contributed by atoms with E-state index in [0.717, 1.165) is 31.9 Å². The molecule has 1 atom stereocenters. The maximum Gasteiger partial charge on any atom is 0.335 e. The predicted molar refractivity (Wildman–Crippen MR) is 80.8 cm³/mol. The van der Waals surface area contributed by atoms with Crippen LogP contribution in [0.2, 0.25) is 5.02 Å². The number of carbonyl (C=O) groups is 1. The van der Waals surface area contributed by atoms with E-state index in [2.05, 4.69) is 29.2 Å². The molecule has 20 heavy (non-hydrogen) atoms. The van der Waals surface area contributed by atoms with Crippen LogP contribution in [0.1, 0.15) is 10.4 Å². The van der Waals surface area contributed by atoms with E-state index >= 15 is 0 Å². The number of carboxylic acids is 1. The third kappa shape index (κ3) is 3.62. The van der Waals surface area contributed by atoms with Crippen LogP contribution in [0, 0.1) is 0 Å². The monoisotopic (exact) mass is 297 g/mol. The highest BCUT2D eigenvalue weighted by molar-refractivity contribution is 6.33. The molecule has 0 aromatic heterocycles. The van der Waals surface area contributed by atoms with Crippen LogP contribution in [0.5, 0.6) is 0 Å². The van der Waals surface area contributed by atoms with Gasteiger partial charge in [0, 0.05) is 32.2 Å². The number of aromatic carboxylic acids is 1. The van der Waals surface area contributed by atoms with Crippen molar-refractivity contribution < 1.29 is 9.90 Å². The van der Waals surface area contributed by atoms with Gasteiger partial charge in [-0.05, 0) is 32.3 Å². The van der Waals surface area contributed by atoms with Gasteiger partial charge in [0.25, 0.3) is 0 Å². The fourth-order valence-electron chi connectivity index (χ4n) is 2.34. The number of likely N-dealkylation sites (N-methyl/N-ethyl adjacent to an activating group) is 2. The summed E-state index contributed by atoms with van der Waals surface area (Å²) in [7, 11) is 4.24. The fourth-order valence-corrected chi connectivity index (χ4v) is 2.59. The molecule has 0 saturated carbocycles. The minimum atomic E-state index is -0.966. The first-order valence-corrected chi connectivity index (χ1v) is 7.00. The zero-order chi connectivity index (χ0) is 14.7. The van der Waals surface area contributed by atoms with Gasteiger partial charge in [-0.2, -0.15) is 0 Å². The summed E-state index contributed by atoms with van der Waals surface area (Å²) in [5.41, 5.74) is 0.980. The van der Waals surface area contributed by atoms with Crippen LogP contribution in [-0.2, 0) is 0 Å². The van der Waals surface area contributed by atoms with Crippen molar-refractivity contribution in [1.82, 2.24) is 9.80 Å². The molecule has 0 bridgehead atoms. The highest BCUT2D eigenvalue weighted by Crippen LogP contribution is 2.23. The molecule has 1 aromatic carbocycles. The van der Waals surface area contributed by atoms with Crippen LogP contribution < -0.4 is 5.32 Å². The normalized spacial score (nSPS) is 20.9. The van der Waals surface area contributed by atoms with Crippen LogP contribution in [0.15, 0.2) is 18.2 Å². The number of piperazine rings is 1. The van der Waals surface area contributed by atoms with Gasteiger partial charge < -0.3 is 15.3 Å². The third-order valence-corrected chi connectivity index (χ3v) is 4.04. The molecular weight excluding hydrogens is 278 g/mol. The molecule has 0 amide bonds. The molecule has 110 valence electrons. The van der Waals surface area contributed by atoms with Crippen molar-refractivity contribution in [2.24, 2.45) is 0 Å². The van der Waals surface area contributed by atoms with Gasteiger partial charge in [0.15, 0.2) is 0 Å². The molecule has 1 fully saturated rings. The number of anilines is 1. The van der Waals surface area contributed by atoms with Gasteiger partial charge in [0.1, 0.15) is 0 Å². The Labute approximate surface area is 124 Å². The SMILES string of the molecule is CN1CCN(C)C(CNc2ccc(C(=O)O)cc2Cl)C1. The second-order valence-electron chi connectivity index (χ2n) is 5.28. The Morgan fingerprint density at radius 3 is 2.85 bits per heavy atom. The summed E-state index contributed by atoms with van der Waals surface area (Å²) >= 11 is 6.11. The smallest absolute Gasteiger partial charge is 0.335 e. The molecular formula is C14H20ClN3O2. The zero-order valence-electron chi connectivity index (χ0n) is 11.8. The first kappa shape index (κ1) is 15.1. The summed E-state index contributed by atoms with van der Waals surface area (Å²) < 4.78 is 0. The molecule has 0 radical (unpaired) electrons. The van der Waals surface area contributed by atoms with E-state index in [0.29, 0.717) is 11.1 Å². The maximum atomic E-state index is 10.9. The van der Waals surface area contributed by atoms with Gasteiger partial charge in [-0.15, -0.1) is 0 Å². The summed E-state index contributed by atoms with van der Waals surface area (Å²) in [6.45, 7) is 3.93.